The van der Waals surface area contributed by atoms with E-state index < -0.39 is 6.16 Å². The summed E-state index contributed by atoms with van der Waals surface area (Å²) in [7, 11) is 1.56. The summed E-state index contributed by atoms with van der Waals surface area (Å²) in [6.45, 7) is 6.55. The smallest absolute Gasteiger partial charge is 0.490 e. The van der Waals surface area contributed by atoms with Gasteiger partial charge in [0.2, 0.25) is 11.6 Å². The van der Waals surface area contributed by atoms with Gasteiger partial charge in [0.05, 0.1) is 31.2 Å². The number of carbonyl (C=O) groups is 1. The molecule has 186 valence electrons. The zero-order valence-corrected chi connectivity index (χ0v) is 19.9. The van der Waals surface area contributed by atoms with E-state index in [1.54, 1.807) is 44.4 Å². The van der Waals surface area contributed by atoms with Gasteiger partial charge in [0, 0.05) is 44.3 Å². The summed E-state index contributed by atoms with van der Waals surface area (Å²) in [6.07, 6.45) is 1.98. The number of aliphatic hydroxyl groups is 1. The zero-order chi connectivity index (χ0) is 24.5. The molecule has 1 aliphatic heterocycles. The highest BCUT2D eigenvalue weighted by Gasteiger charge is 2.25. The first-order valence-corrected chi connectivity index (χ1v) is 11.2. The number of anilines is 2. The van der Waals surface area contributed by atoms with Gasteiger partial charge < -0.3 is 34.2 Å². The Bertz CT molecular complexity index is 949. The van der Waals surface area contributed by atoms with Crippen molar-refractivity contribution in [2.24, 2.45) is 0 Å². The van der Waals surface area contributed by atoms with Crippen LogP contribution < -0.4 is 19.5 Å². The molecule has 1 aliphatic rings. The third-order valence-electron chi connectivity index (χ3n) is 4.96. The van der Waals surface area contributed by atoms with E-state index in [1.165, 1.54) is 0 Å². The molecule has 0 bridgehead atoms. The molecule has 0 unspecified atom stereocenters. The van der Waals surface area contributed by atoms with Crippen LogP contribution in [-0.4, -0.2) is 71.9 Å². The number of aryl methyl sites for hydroxylation is 1. The van der Waals surface area contributed by atoms with Crippen LogP contribution in [0.25, 0.3) is 0 Å². The highest BCUT2D eigenvalue weighted by molar-refractivity contribution is 5.67. The minimum absolute atomic E-state index is 0.0727. The van der Waals surface area contributed by atoms with Gasteiger partial charge in [-0.3, -0.25) is 0 Å². The average Bonchev–Trinajstić information content (AvgIpc) is 2.80. The molecule has 11 nitrogen and oxygen atoms in total. The molecule has 3 rings (SSSR count). The van der Waals surface area contributed by atoms with Gasteiger partial charge in [-0.05, 0) is 26.8 Å². The highest BCUT2D eigenvalue weighted by atomic mass is 16.8. The predicted molar refractivity (Wildman–Crippen MR) is 124 cm³/mol. The normalized spacial score (nSPS) is 14.5. The maximum absolute atomic E-state index is 11.7. The Labute approximate surface area is 198 Å². The number of nitrogens with zero attached hydrogens (tertiary/aromatic N) is 3. The van der Waals surface area contributed by atoms with Gasteiger partial charge in [0.15, 0.2) is 11.6 Å². The number of hydrogen-bond donors (Lipinski definition) is 2. The lowest BCUT2D eigenvalue weighted by Gasteiger charge is -2.30. The summed E-state index contributed by atoms with van der Waals surface area (Å²) >= 11 is 0. The topological polar surface area (TPSA) is 125 Å². The monoisotopic (exact) mass is 476 g/mol. The summed E-state index contributed by atoms with van der Waals surface area (Å²) < 4.78 is 22.2. The largest absolute Gasteiger partial charge is 0.528 e. The summed E-state index contributed by atoms with van der Waals surface area (Å²) in [4.78, 5) is 25.7. The van der Waals surface area contributed by atoms with Crippen LogP contribution >= 0.6 is 0 Å². The number of aromatic nitrogens is 2. The van der Waals surface area contributed by atoms with Crippen molar-refractivity contribution in [2.45, 2.75) is 45.8 Å². The molecule has 34 heavy (non-hydrogen) atoms. The summed E-state index contributed by atoms with van der Waals surface area (Å²) in [5.74, 6) is 1.96. The molecule has 0 spiro atoms. The number of aliphatic hydroxyl groups excluding tert-OH is 1. The Morgan fingerprint density at radius 2 is 2.03 bits per heavy atom. The van der Waals surface area contributed by atoms with Crippen molar-refractivity contribution in [2.75, 3.05) is 38.7 Å². The number of pyridine rings is 2. The highest BCUT2D eigenvalue weighted by Crippen LogP contribution is 2.37. The number of rotatable bonds is 10. The molecular formula is C23H32N4O7. The SMILES string of the molecule is COc1c(OC2CCN(OC(=O)OC(C)C)CC2)ccnc1Nc1ccc(OCCO)nc1C. The van der Waals surface area contributed by atoms with Crippen molar-refractivity contribution < 1.29 is 33.7 Å². The lowest BCUT2D eigenvalue weighted by atomic mass is 10.1. The molecule has 0 atom stereocenters. The van der Waals surface area contributed by atoms with Crippen LogP contribution in [0.4, 0.5) is 16.3 Å². The lowest BCUT2D eigenvalue weighted by Crippen LogP contribution is -2.39. The van der Waals surface area contributed by atoms with Crippen molar-refractivity contribution in [3.63, 3.8) is 0 Å². The Balaban J connectivity index is 1.62. The second-order valence-electron chi connectivity index (χ2n) is 7.92. The number of hydrogen-bond acceptors (Lipinski definition) is 11. The number of hydroxylamine groups is 2. The van der Waals surface area contributed by atoms with Crippen LogP contribution in [0.1, 0.15) is 32.4 Å². The molecule has 2 aromatic rings. The van der Waals surface area contributed by atoms with Gasteiger partial charge in [-0.1, -0.05) is 0 Å². The van der Waals surface area contributed by atoms with Crippen LogP contribution in [0.5, 0.6) is 17.4 Å². The standard InChI is InChI=1S/C23H32N4O7/c1-15(2)32-23(29)34-27-11-8-17(9-12-27)33-19-7-10-24-22(21(19)30-4)26-18-5-6-20(25-16(18)3)31-14-13-28/h5-7,10,15,17,28H,8-9,11-14H2,1-4H3,(H,24,26). The van der Waals surface area contributed by atoms with Gasteiger partial charge in [-0.15, -0.1) is 5.06 Å². The quantitative estimate of drug-likeness (QED) is 0.491. The minimum atomic E-state index is -0.696. The van der Waals surface area contributed by atoms with Gasteiger partial charge in [0.1, 0.15) is 12.7 Å². The molecule has 0 aliphatic carbocycles. The summed E-state index contributed by atoms with van der Waals surface area (Å²) in [5, 5.41) is 13.7. The van der Waals surface area contributed by atoms with Crippen molar-refractivity contribution in [3.8, 4) is 17.4 Å². The maximum Gasteiger partial charge on any atom is 0.528 e. The molecule has 1 saturated heterocycles. The molecule has 11 heteroatoms. The molecular weight excluding hydrogens is 444 g/mol. The van der Waals surface area contributed by atoms with Gasteiger partial charge in [0.25, 0.3) is 0 Å². The van der Waals surface area contributed by atoms with Crippen LogP contribution in [0, 0.1) is 6.92 Å². The average molecular weight is 477 g/mol. The minimum Gasteiger partial charge on any atom is -0.490 e. The first-order valence-electron chi connectivity index (χ1n) is 11.2. The number of nitrogens with one attached hydrogen (secondary N) is 1. The van der Waals surface area contributed by atoms with Crippen molar-refractivity contribution in [1.82, 2.24) is 15.0 Å². The third kappa shape index (κ3) is 7.09. The fourth-order valence-electron chi connectivity index (χ4n) is 3.38. The van der Waals surface area contributed by atoms with E-state index >= 15 is 0 Å². The van der Waals surface area contributed by atoms with Gasteiger partial charge in [-0.2, -0.15) is 0 Å². The molecule has 2 N–H and O–H groups in total. The lowest BCUT2D eigenvalue weighted by molar-refractivity contribution is -0.151. The van der Waals surface area contributed by atoms with Crippen molar-refractivity contribution in [3.05, 3.63) is 30.1 Å². The van der Waals surface area contributed by atoms with E-state index in [2.05, 4.69) is 15.3 Å². The van der Waals surface area contributed by atoms with Gasteiger partial charge >= 0.3 is 6.16 Å². The summed E-state index contributed by atoms with van der Waals surface area (Å²) in [5.41, 5.74) is 1.44. The van der Waals surface area contributed by atoms with Gasteiger partial charge in [-0.25, -0.2) is 14.8 Å². The van der Waals surface area contributed by atoms with Crippen LogP contribution in [0.2, 0.25) is 0 Å². The summed E-state index contributed by atoms with van der Waals surface area (Å²) in [6, 6.07) is 5.29. The number of ether oxygens (including phenoxy) is 4. The predicted octanol–water partition coefficient (Wildman–Crippen LogP) is 3.23. The second kappa shape index (κ2) is 12.2. The second-order valence-corrected chi connectivity index (χ2v) is 7.92. The number of piperidine rings is 1. The van der Waals surface area contributed by atoms with Crippen molar-refractivity contribution >= 4 is 17.7 Å². The fraction of sp³-hybridized carbons (Fsp3) is 0.522. The molecule has 0 aromatic carbocycles. The Morgan fingerprint density at radius 3 is 2.68 bits per heavy atom. The van der Waals surface area contributed by atoms with Crippen LogP contribution in [0.3, 0.4) is 0 Å². The molecule has 0 radical (unpaired) electrons. The molecule has 1 fully saturated rings. The van der Waals surface area contributed by atoms with E-state index in [1.807, 2.05) is 13.0 Å². The van der Waals surface area contributed by atoms with E-state index in [0.29, 0.717) is 54.8 Å². The van der Waals surface area contributed by atoms with Crippen LogP contribution in [-0.2, 0) is 9.57 Å². The number of methoxy groups -OCH3 is 1. The first-order chi connectivity index (χ1) is 16.4. The Hall–Kier alpha value is -3.31. The van der Waals surface area contributed by atoms with Crippen LogP contribution in [0.15, 0.2) is 24.4 Å². The molecule has 3 heterocycles. The number of carbonyl (C=O) groups excluding carboxylic acids is 1. The molecule has 0 amide bonds. The molecule has 2 aromatic heterocycles. The van der Waals surface area contributed by atoms with E-state index in [-0.39, 0.29) is 25.4 Å². The Kier molecular flexibility index (Phi) is 9.11. The van der Waals surface area contributed by atoms with E-state index in [9.17, 15) is 4.79 Å². The molecule has 0 saturated carbocycles. The Morgan fingerprint density at radius 1 is 1.26 bits per heavy atom. The maximum atomic E-state index is 11.7. The first kappa shape index (κ1) is 25.3. The van der Waals surface area contributed by atoms with E-state index in [0.717, 1.165) is 5.69 Å². The van der Waals surface area contributed by atoms with Crippen molar-refractivity contribution in [1.29, 1.82) is 0 Å². The zero-order valence-electron chi connectivity index (χ0n) is 19.9. The fourth-order valence-corrected chi connectivity index (χ4v) is 3.38. The third-order valence-corrected chi connectivity index (χ3v) is 4.96. The van der Waals surface area contributed by atoms with E-state index in [4.69, 9.17) is 28.9 Å².